The van der Waals surface area contributed by atoms with Crippen molar-refractivity contribution in [1.82, 2.24) is 0 Å². The highest BCUT2D eigenvalue weighted by atomic mass is 14.4. The molecule has 0 aliphatic carbocycles. The lowest BCUT2D eigenvalue weighted by Gasteiger charge is -2.40. The third kappa shape index (κ3) is 7.95. The maximum Gasteiger partial charge on any atom is -0.0274 e. The van der Waals surface area contributed by atoms with Crippen molar-refractivity contribution in [2.75, 3.05) is 0 Å². The highest BCUT2D eigenvalue weighted by molar-refractivity contribution is 4.96. The van der Waals surface area contributed by atoms with Crippen LogP contribution in [-0.2, 0) is 0 Å². The summed E-state index contributed by atoms with van der Waals surface area (Å²) in [5.41, 5.74) is 2.57. The normalized spacial score (nSPS) is 13.8. The van der Waals surface area contributed by atoms with Crippen LogP contribution in [0.4, 0.5) is 0 Å². The number of allylic oxidation sites excluding steroid dienone is 1. The van der Waals surface area contributed by atoms with Crippen LogP contribution in [0.15, 0.2) is 12.2 Å². The van der Waals surface area contributed by atoms with Gasteiger partial charge in [-0.3, -0.25) is 0 Å². The number of hydrogen-bond donors (Lipinski definition) is 0. The van der Waals surface area contributed by atoms with Crippen LogP contribution >= 0.6 is 0 Å². The first kappa shape index (κ1) is 17.7. The van der Waals surface area contributed by atoms with Crippen molar-refractivity contribution in [3.05, 3.63) is 12.2 Å². The van der Waals surface area contributed by atoms with Crippen molar-refractivity contribution in [3.8, 4) is 0 Å². The highest BCUT2D eigenvalue weighted by Gasteiger charge is 2.33. The van der Waals surface area contributed by atoms with Crippen molar-refractivity contribution in [2.45, 2.75) is 87.5 Å². The molecular formula is C18H36. The Hall–Kier alpha value is -0.260. The molecule has 0 saturated heterocycles. The molecule has 0 spiro atoms. The first-order valence-corrected chi connectivity index (χ1v) is 7.54. The molecule has 0 heterocycles. The third-order valence-electron chi connectivity index (χ3n) is 3.62. The monoisotopic (exact) mass is 252 g/mol. The molecule has 0 heteroatoms. The fourth-order valence-corrected chi connectivity index (χ4v) is 4.30. The fraction of sp³-hybridized carbons (Fsp3) is 0.889. The topological polar surface area (TPSA) is 0 Å². The van der Waals surface area contributed by atoms with Crippen LogP contribution in [0.3, 0.4) is 0 Å². The Kier molecular flexibility index (Phi) is 6.17. The van der Waals surface area contributed by atoms with Crippen molar-refractivity contribution >= 4 is 0 Å². The molecule has 0 fully saturated rings. The third-order valence-corrected chi connectivity index (χ3v) is 3.62. The van der Waals surface area contributed by atoms with Gasteiger partial charge in [-0.25, -0.2) is 0 Å². The standard InChI is InChI=1S/C18H36/c1-10-11-16(4,5)13-18(8,9)14-17(6,7)12-15(2)3/h2,10-14H2,1,3-9H3. The van der Waals surface area contributed by atoms with Crippen LogP contribution in [0.2, 0.25) is 0 Å². The van der Waals surface area contributed by atoms with E-state index in [-0.39, 0.29) is 0 Å². The Morgan fingerprint density at radius 2 is 1.28 bits per heavy atom. The Morgan fingerprint density at radius 3 is 1.67 bits per heavy atom. The van der Waals surface area contributed by atoms with Crippen LogP contribution in [0.1, 0.15) is 87.5 Å². The van der Waals surface area contributed by atoms with Gasteiger partial charge in [-0.2, -0.15) is 0 Å². The summed E-state index contributed by atoms with van der Waals surface area (Å²) in [7, 11) is 0. The predicted octanol–water partition coefficient (Wildman–Crippen LogP) is 6.61. The maximum absolute atomic E-state index is 4.07. The molecule has 108 valence electrons. The van der Waals surface area contributed by atoms with Crippen molar-refractivity contribution in [3.63, 3.8) is 0 Å². The van der Waals surface area contributed by atoms with Gasteiger partial charge in [0.15, 0.2) is 0 Å². The molecule has 0 saturated carbocycles. The summed E-state index contributed by atoms with van der Waals surface area (Å²) < 4.78 is 0. The van der Waals surface area contributed by atoms with Gasteiger partial charge in [0.1, 0.15) is 0 Å². The van der Waals surface area contributed by atoms with Crippen LogP contribution in [0.25, 0.3) is 0 Å². The van der Waals surface area contributed by atoms with E-state index in [0.29, 0.717) is 16.2 Å². The molecular weight excluding hydrogens is 216 g/mol. The van der Waals surface area contributed by atoms with Gasteiger partial charge in [0.05, 0.1) is 0 Å². The summed E-state index contributed by atoms with van der Waals surface area (Å²) in [6.45, 7) is 23.0. The van der Waals surface area contributed by atoms with Crippen LogP contribution in [-0.4, -0.2) is 0 Å². The quantitative estimate of drug-likeness (QED) is 0.426. The lowest BCUT2D eigenvalue weighted by molar-refractivity contribution is 0.118. The number of hydrogen-bond acceptors (Lipinski definition) is 0. The van der Waals surface area contributed by atoms with E-state index in [9.17, 15) is 0 Å². The highest BCUT2D eigenvalue weighted by Crippen LogP contribution is 2.45. The second-order valence-corrected chi connectivity index (χ2v) is 8.73. The second-order valence-electron chi connectivity index (χ2n) is 8.73. The van der Waals surface area contributed by atoms with Crippen molar-refractivity contribution in [2.24, 2.45) is 16.2 Å². The van der Waals surface area contributed by atoms with Crippen molar-refractivity contribution in [1.29, 1.82) is 0 Å². The molecule has 0 aliphatic heterocycles. The van der Waals surface area contributed by atoms with Gasteiger partial charge >= 0.3 is 0 Å². The summed E-state index contributed by atoms with van der Waals surface area (Å²) >= 11 is 0. The van der Waals surface area contributed by atoms with E-state index in [1.807, 2.05) is 0 Å². The molecule has 0 atom stereocenters. The minimum atomic E-state index is 0.373. The Bertz CT molecular complexity index is 266. The zero-order valence-electron chi connectivity index (χ0n) is 14.2. The molecule has 0 aromatic carbocycles. The molecule has 0 amide bonds. The molecule has 0 nitrogen and oxygen atoms in total. The van der Waals surface area contributed by atoms with E-state index in [1.54, 1.807) is 0 Å². The Labute approximate surface area is 116 Å². The summed E-state index contributed by atoms with van der Waals surface area (Å²) in [6.07, 6.45) is 6.35. The Morgan fingerprint density at radius 1 is 0.833 bits per heavy atom. The zero-order chi connectivity index (χ0) is 14.6. The predicted molar refractivity (Wildman–Crippen MR) is 84.9 cm³/mol. The van der Waals surface area contributed by atoms with E-state index in [4.69, 9.17) is 0 Å². The molecule has 0 N–H and O–H groups in total. The first-order chi connectivity index (χ1) is 7.89. The van der Waals surface area contributed by atoms with E-state index in [2.05, 4.69) is 62.0 Å². The lowest BCUT2D eigenvalue weighted by atomic mass is 9.65. The van der Waals surface area contributed by atoms with Crippen LogP contribution in [0, 0.1) is 16.2 Å². The first-order valence-electron chi connectivity index (χ1n) is 7.54. The Balaban J connectivity index is 4.59. The van der Waals surface area contributed by atoms with Gasteiger partial charge in [0, 0.05) is 0 Å². The summed E-state index contributed by atoms with van der Waals surface area (Å²) in [4.78, 5) is 0. The van der Waals surface area contributed by atoms with E-state index < -0.39 is 0 Å². The minimum Gasteiger partial charge on any atom is -0.100 e. The van der Waals surface area contributed by atoms with E-state index in [0.717, 1.165) is 6.42 Å². The zero-order valence-corrected chi connectivity index (χ0v) is 14.2. The molecule has 0 aliphatic rings. The van der Waals surface area contributed by atoms with Crippen molar-refractivity contribution < 1.29 is 0 Å². The van der Waals surface area contributed by atoms with Crippen LogP contribution in [0.5, 0.6) is 0 Å². The van der Waals surface area contributed by atoms with Gasteiger partial charge in [-0.1, -0.05) is 60.5 Å². The van der Waals surface area contributed by atoms with Gasteiger partial charge in [0.2, 0.25) is 0 Å². The van der Waals surface area contributed by atoms with Gasteiger partial charge in [-0.15, -0.1) is 6.58 Å². The molecule has 0 radical (unpaired) electrons. The van der Waals surface area contributed by atoms with Gasteiger partial charge < -0.3 is 0 Å². The summed E-state index contributed by atoms with van der Waals surface area (Å²) in [5, 5.41) is 0. The average molecular weight is 252 g/mol. The molecule has 0 rings (SSSR count). The molecule has 18 heavy (non-hydrogen) atoms. The second kappa shape index (κ2) is 6.26. The summed E-state index contributed by atoms with van der Waals surface area (Å²) in [6, 6.07) is 0. The molecule has 0 aromatic rings. The fourth-order valence-electron chi connectivity index (χ4n) is 4.30. The minimum absolute atomic E-state index is 0.373. The largest absolute Gasteiger partial charge is 0.100 e. The SMILES string of the molecule is C=C(C)CC(C)(C)CC(C)(C)CC(C)(C)CCC. The smallest absolute Gasteiger partial charge is 0.0274 e. The molecule has 0 unspecified atom stereocenters. The number of rotatable bonds is 8. The molecule has 0 bridgehead atoms. The van der Waals surface area contributed by atoms with Gasteiger partial charge in [0.25, 0.3) is 0 Å². The van der Waals surface area contributed by atoms with E-state index in [1.165, 1.54) is 31.3 Å². The van der Waals surface area contributed by atoms with Crippen LogP contribution < -0.4 is 0 Å². The summed E-state index contributed by atoms with van der Waals surface area (Å²) in [5.74, 6) is 0. The maximum atomic E-state index is 4.07. The van der Waals surface area contributed by atoms with Gasteiger partial charge in [-0.05, 0) is 48.9 Å². The average Bonchev–Trinajstić information content (AvgIpc) is 1.93. The van der Waals surface area contributed by atoms with E-state index >= 15 is 0 Å². The molecule has 0 aromatic heterocycles. The lowest BCUT2D eigenvalue weighted by Crippen LogP contribution is -2.28.